The molecule has 23 heavy (non-hydrogen) atoms. The molecule has 122 valence electrons. The number of amides is 1. The highest BCUT2D eigenvalue weighted by molar-refractivity contribution is 9.10. The number of hydrogen-bond donors (Lipinski definition) is 2. The molecule has 1 amide bonds. The summed E-state index contributed by atoms with van der Waals surface area (Å²) < 4.78 is 28.6. The number of hydrogen-bond acceptors (Lipinski definition) is 4. The summed E-state index contributed by atoms with van der Waals surface area (Å²) in [7, 11) is -3.70. The molecule has 0 saturated heterocycles. The zero-order valence-electron chi connectivity index (χ0n) is 12.0. The largest absolute Gasteiger partial charge is 0.484 e. The van der Waals surface area contributed by atoms with Crippen LogP contribution >= 0.6 is 15.9 Å². The van der Waals surface area contributed by atoms with Crippen molar-refractivity contribution in [3.63, 3.8) is 0 Å². The number of rotatable bonds is 6. The first-order chi connectivity index (χ1) is 10.8. The normalized spacial score (nSPS) is 11.0. The van der Waals surface area contributed by atoms with Crippen LogP contribution in [0.4, 0.5) is 0 Å². The molecule has 0 atom stereocenters. The minimum atomic E-state index is -3.70. The van der Waals surface area contributed by atoms with Crippen LogP contribution in [-0.4, -0.2) is 20.9 Å². The van der Waals surface area contributed by atoms with Crippen molar-refractivity contribution in [1.29, 1.82) is 0 Å². The molecule has 3 N–H and O–H groups in total. The van der Waals surface area contributed by atoms with Gasteiger partial charge in [0.1, 0.15) is 5.75 Å². The van der Waals surface area contributed by atoms with E-state index in [-0.39, 0.29) is 24.0 Å². The highest BCUT2D eigenvalue weighted by atomic mass is 79.9. The predicted molar refractivity (Wildman–Crippen MR) is 89.3 cm³/mol. The molecule has 2 rings (SSSR count). The van der Waals surface area contributed by atoms with Crippen molar-refractivity contribution in [3.8, 4) is 5.75 Å². The van der Waals surface area contributed by atoms with Gasteiger partial charge in [0.05, 0.1) is 4.90 Å². The second kappa shape index (κ2) is 7.58. The van der Waals surface area contributed by atoms with Crippen LogP contribution < -0.4 is 15.2 Å². The van der Waals surface area contributed by atoms with Gasteiger partial charge in [0.2, 0.25) is 10.0 Å². The van der Waals surface area contributed by atoms with Crippen molar-refractivity contribution < 1.29 is 17.9 Å². The Morgan fingerprint density at radius 2 is 1.70 bits per heavy atom. The van der Waals surface area contributed by atoms with E-state index >= 15 is 0 Å². The van der Waals surface area contributed by atoms with E-state index in [0.29, 0.717) is 5.75 Å². The smallest absolute Gasteiger partial charge is 0.258 e. The molecule has 0 unspecified atom stereocenters. The van der Waals surface area contributed by atoms with Crippen LogP contribution in [0.1, 0.15) is 5.56 Å². The molecule has 6 nitrogen and oxygen atoms in total. The van der Waals surface area contributed by atoms with Gasteiger partial charge in [-0.2, -0.15) is 0 Å². The lowest BCUT2D eigenvalue weighted by Crippen LogP contribution is -2.28. The fraction of sp³-hybridized carbons (Fsp3) is 0.133. The Morgan fingerprint density at radius 3 is 2.26 bits per heavy atom. The van der Waals surface area contributed by atoms with E-state index in [0.717, 1.165) is 10.0 Å². The average molecular weight is 399 g/mol. The van der Waals surface area contributed by atoms with E-state index in [9.17, 15) is 13.2 Å². The molecule has 0 spiro atoms. The van der Waals surface area contributed by atoms with Crippen molar-refractivity contribution >= 4 is 31.9 Å². The Bertz CT molecular complexity index is 774. The van der Waals surface area contributed by atoms with E-state index in [2.05, 4.69) is 21.2 Å². The fourth-order valence-corrected chi connectivity index (χ4v) is 2.51. The van der Waals surface area contributed by atoms with Crippen LogP contribution in [0, 0.1) is 0 Å². The first-order valence-corrected chi connectivity index (χ1v) is 8.95. The fourth-order valence-electron chi connectivity index (χ4n) is 1.73. The molecule has 8 heteroatoms. The Labute approximate surface area is 142 Å². The molecule has 0 fully saturated rings. The van der Waals surface area contributed by atoms with Gasteiger partial charge in [0, 0.05) is 11.0 Å². The highest BCUT2D eigenvalue weighted by Crippen LogP contribution is 2.15. The van der Waals surface area contributed by atoms with Crippen LogP contribution in [0.2, 0.25) is 0 Å². The van der Waals surface area contributed by atoms with Crippen molar-refractivity contribution in [2.45, 2.75) is 11.4 Å². The number of nitrogens with one attached hydrogen (secondary N) is 1. The van der Waals surface area contributed by atoms with E-state index in [1.807, 2.05) is 12.1 Å². The minimum Gasteiger partial charge on any atom is -0.484 e. The summed E-state index contributed by atoms with van der Waals surface area (Å²) in [6.45, 7) is 0.171. The quantitative estimate of drug-likeness (QED) is 0.774. The number of halogens is 1. The van der Waals surface area contributed by atoms with Crippen molar-refractivity contribution in [2.75, 3.05) is 6.61 Å². The Hall–Kier alpha value is -1.90. The number of carbonyl (C=O) groups excluding carboxylic acids is 1. The first kappa shape index (κ1) is 17.5. The third kappa shape index (κ3) is 5.66. The monoisotopic (exact) mass is 398 g/mol. The number of nitrogens with two attached hydrogens (primary N) is 1. The molecule has 0 heterocycles. The SMILES string of the molecule is NS(=O)(=O)c1ccc(CNC(=O)COc2ccc(Br)cc2)cc1. The van der Waals surface area contributed by atoms with E-state index in [4.69, 9.17) is 9.88 Å². The summed E-state index contributed by atoms with van der Waals surface area (Å²) in [5.41, 5.74) is 0.759. The number of ether oxygens (including phenoxy) is 1. The van der Waals surface area contributed by atoms with Crippen LogP contribution in [0.5, 0.6) is 5.75 Å². The van der Waals surface area contributed by atoms with Crippen LogP contribution in [0.3, 0.4) is 0 Å². The van der Waals surface area contributed by atoms with Crippen LogP contribution in [0.15, 0.2) is 57.9 Å². The maximum absolute atomic E-state index is 11.7. The third-order valence-electron chi connectivity index (χ3n) is 2.93. The van der Waals surface area contributed by atoms with E-state index in [1.54, 1.807) is 24.3 Å². The van der Waals surface area contributed by atoms with Crippen molar-refractivity contribution in [3.05, 3.63) is 58.6 Å². The minimum absolute atomic E-state index is 0.0335. The van der Waals surface area contributed by atoms with Crippen molar-refractivity contribution in [1.82, 2.24) is 5.32 Å². The molecule has 0 aliphatic carbocycles. The van der Waals surface area contributed by atoms with Gasteiger partial charge in [-0.3, -0.25) is 4.79 Å². The first-order valence-electron chi connectivity index (χ1n) is 6.61. The second-order valence-corrected chi connectivity index (χ2v) is 7.19. The number of primary sulfonamides is 1. The third-order valence-corrected chi connectivity index (χ3v) is 4.38. The number of carbonyl (C=O) groups is 1. The van der Waals surface area contributed by atoms with Gasteiger partial charge < -0.3 is 10.1 Å². The van der Waals surface area contributed by atoms with Gasteiger partial charge in [0.15, 0.2) is 6.61 Å². The maximum atomic E-state index is 11.7. The van der Waals surface area contributed by atoms with Gasteiger partial charge in [-0.1, -0.05) is 28.1 Å². The summed E-state index contributed by atoms with van der Waals surface area (Å²) in [4.78, 5) is 11.8. The maximum Gasteiger partial charge on any atom is 0.258 e. The van der Waals surface area contributed by atoms with Crippen LogP contribution in [-0.2, 0) is 21.4 Å². The molecule has 0 aliphatic rings. The topological polar surface area (TPSA) is 98.5 Å². The molecular formula is C15H15BrN2O4S. The molecular weight excluding hydrogens is 384 g/mol. The molecule has 0 radical (unpaired) electrons. The van der Waals surface area contributed by atoms with Gasteiger partial charge in [-0.15, -0.1) is 0 Å². The lowest BCUT2D eigenvalue weighted by molar-refractivity contribution is -0.123. The highest BCUT2D eigenvalue weighted by Gasteiger charge is 2.07. The van der Waals surface area contributed by atoms with E-state index < -0.39 is 10.0 Å². The lowest BCUT2D eigenvalue weighted by atomic mass is 10.2. The molecule has 2 aromatic rings. The summed E-state index contributed by atoms with van der Waals surface area (Å²) in [5, 5.41) is 7.70. The molecule has 0 aromatic heterocycles. The zero-order chi connectivity index (χ0) is 16.9. The Morgan fingerprint density at radius 1 is 1.09 bits per heavy atom. The van der Waals surface area contributed by atoms with Gasteiger partial charge in [-0.05, 0) is 42.0 Å². The second-order valence-electron chi connectivity index (χ2n) is 4.71. The summed E-state index contributed by atoms with van der Waals surface area (Å²) in [5.74, 6) is 0.323. The molecule has 0 aliphatic heterocycles. The average Bonchev–Trinajstić information content (AvgIpc) is 2.52. The summed E-state index contributed by atoms with van der Waals surface area (Å²) in [6.07, 6.45) is 0. The zero-order valence-corrected chi connectivity index (χ0v) is 14.4. The van der Waals surface area contributed by atoms with Gasteiger partial charge in [-0.25, -0.2) is 13.6 Å². The summed E-state index contributed by atoms with van der Waals surface area (Å²) >= 11 is 3.31. The predicted octanol–water partition coefficient (Wildman–Crippen LogP) is 1.79. The summed E-state index contributed by atoms with van der Waals surface area (Å²) in [6, 6.07) is 13.1. The van der Waals surface area contributed by atoms with Crippen molar-refractivity contribution in [2.24, 2.45) is 5.14 Å². The molecule has 0 bridgehead atoms. The van der Waals surface area contributed by atoms with Gasteiger partial charge in [0.25, 0.3) is 5.91 Å². The molecule has 2 aromatic carbocycles. The number of sulfonamides is 1. The molecule has 0 saturated carbocycles. The van der Waals surface area contributed by atoms with Gasteiger partial charge >= 0.3 is 0 Å². The Balaban J connectivity index is 1.81. The Kier molecular flexibility index (Phi) is 5.75. The van der Waals surface area contributed by atoms with Crippen LogP contribution in [0.25, 0.3) is 0 Å². The van der Waals surface area contributed by atoms with E-state index in [1.165, 1.54) is 12.1 Å². The number of benzene rings is 2. The standard InChI is InChI=1S/C15H15BrN2O4S/c16-12-3-5-13(6-4-12)22-10-15(19)18-9-11-1-7-14(8-2-11)23(17,20)21/h1-8H,9-10H2,(H,18,19)(H2,17,20,21). The lowest BCUT2D eigenvalue weighted by Gasteiger charge is -2.08.